The molecule has 1 aromatic heterocycles. The highest BCUT2D eigenvalue weighted by atomic mass is 16.5. The first-order valence-corrected chi connectivity index (χ1v) is 5.84. The number of para-hydroxylation sites is 1. The Balaban J connectivity index is 1.72. The van der Waals surface area contributed by atoms with Crippen LogP contribution in [0.4, 0.5) is 5.69 Å². The van der Waals surface area contributed by atoms with Crippen molar-refractivity contribution in [2.75, 3.05) is 5.32 Å². The second-order valence-corrected chi connectivity index (χ2v) is 4.68. The fourth-order valence-electron chi connectivity index (χ4n) is 2.73. The van der Waals surface area contributed by atoms with Crippen LogP contribution in [-0.4, -0.2) is 10.7 Å². The highest BCUT2D eigenvalue weighted by Crippen LogP contribution is 2.41. The van der Waals surface area contributed by atoms with Gasteiger partial charge in [-0.1, -0.05) is 18.2 Å². The Hall–Kier alpha value is -2.03. The van der Waals surface area contributed by atoms with E-state index in [1.54, 1.807) is 0 Å². The van der Waals surface area contributed by atoms with Crippen molar-refractivity contribution in [3.05, 3.63) is 53.9 Å². The van der Waals surface area contributed by atoms with Crippen LogP contribution in [0.2, 0.25) is 0 Å². The SMILES string of the molecule is c1ccc2c(c1)CC1(Cc3ncccc3O1)N2. The minimum atomic E-state index is -0.305. The van der Waals surface area contributed by atoms with Crippen LogP contribution in [0.5, 0.6) is 5.75 Å². The standard InChI is InChI=1S/C14H12N2O/c1-2-5-11-10(4-1)8-14(16-11)9-12-13(17-14)6-3-7-15-12/h1-7,16H,8-9H2. The second kappa shape index (κ2) is 3.00. The Morgan fingerprint density at radius 3 is 2.94 bits per heavy atom. The van der Waals surface area contributed by atoms with E-state index in [-0.39, 0.29) is 5.72 Å². The number of fused-ring (bicyclic) bond motifs is 2. The molecule has 3 nitrogen and oxygen atoms in total. The van der Waals surface area contributed by atoms with Crippen molar-refractivity contribution in [3.63, 3.8) is 0 Å². The average Bonchev–Trinajstić information content (AvgIpc) is 2.87. The number of nitrogens with zero attached hydrogens (tertiary/aromatic N) is 1. The van der Waals surface area contributed by atoms with E-state index < -0.39 is 0 Å². The first-order chi connectivity index (χ1) is 8.35. The fourth-order valence-corrected chi connectivity index (χ4v) is 2.73. The van der Waals surface area contributed by atoms with Crippen LogP contribution in [0.3, 0.4) is 0 Å². The first kappa shape index (κ1) is 9.05. The van der Waals surface area contributed by atoms with Crippen molar-refractivity contribution >= 4 is 5.69 Å². The zero-order chi connectivity index (χ0) is 11.3. The van der Waals surface area contributed by atoms with Crippen molar-refractivity contribution in [3.8, 4) is 5.75 Å². The molecule has 84 valence electrons. The van der Waals surface area contributed by atoms with E-state index in [0.29, 0.717) is 0 Å². The molecule has 0 saturated heterocycles. The predicted octanol–water partition coefficient (Wildman–Crippen LogP) is 2.38. The van der Waals surface area contributed by atoms with Gasteiger partial charge in [0.1, 0.15) is 5.75 Å². The molecule has 2 aliphatic heterocycles. The number of hydrogen-bond acceptors (Lipinski definition) is 3. The molecule has 0 aliphatic carbocycles. The van der Waals surface area contributed by atoms with Crippen LogP contribution in [0.15, 0.2) is 42.6 Å². The Labute approximate surface area is 99.5 Å². The number of hydrogen-bond donors (Lipinski definition) is 1. The van der Waals surface area contributed by atoms with Gasteiger partial charge in [-0.05, 0) is 23.8 Å². The van der Waals surface area contributed by atoms with Crippen molar-refractivity contribution in [1.29, 1.82) is 0 Å². The summed E-state index contributed by atoms with van der Waals surface area (Å²) >= 11 is 0. The smallest absolute Gasteiger partial charge is 0.190 e. The Morgan fingerprint density at radius 2 is 2.06 bits per heavy atom. The highest BCUT2D eigenvalue weighted by Gasteiger charge is 2.44. The normalized spacial score (nSPS) is 24.0. The van der Waals surface area contributed by atoms with E-state index in [9.17, 15) is 0 Å². The Morgan fingerprint density at radius 1 is 1.12 bits per heavy atom. The molecule has 0 radical (unpaired) electrons. The van der Waals surface area contributed by atoms with E-state index in [1.165, 1.54) is 11.3 Å². The van der Waals surface area contributed by atoms with Crippen LogP contribution in [0.25, 0.3) is 0 Å². The summed E-state index contributed by atoms with van der Waals surface area (Å²) in [4.78, 5) is 4.38. The number of nitrogens with one attached hydrogen (secondary N) is 1. The predicted molar refractivity (Wildman–Crippen MR) is 65.1 cm³/mol. The molecule has 3 heteroatoms. The third-order valence-corrected chi connectivity index (χ3v) is 3.46. The monoisotopic (exact) mass is 224 g/mol. The van der Waals surface area contributed by atoms with Crippen LogP contribution in [-0.2, 0) is 12.8 Å². The van der Waals surface area contributed by atoms with Crippen LogP contribution < -0.4 is 10.1 Å². The van der Waals surface area contributed by atoms with E-state index in [1.807, 2.05) is 24.4 Å². The van der Waals surface area contributed by atoms with Gasteiger partial charge in [-0.15, -0.1) is 0 Å². The summed E-state index contributed by atoms with van der Waals surface area (Å²) in [6.07, 6.45) is 3.56. The molecule has 17 heavy (non-hydrogen) atoms. The van der Waals surface area contributed by atoms with Crippen LogP contribution in [0.1, 0.15) is 11.3 Å². The topological polar surface area (TPSA) is 34.1 Å². The molecule has 1 aromatic carbocycles. The lowest BCUT2D eigenvalue weighted by atomic mass is 10.0. The van der Waals surface area contributed by atoms with Crippen molar-refractivity contribution < 1.29 is 4.74 Å². The molecule has 1 spiro atoms. The summed E-state index contributed by atoms with van der Waals surface area (Å²) in [6.45, 7) is 0. The van der Waals surface area contributed by atoms with Crippen molar-refractivity contribution in [2.45, 2.75) is 18.6 Å². The molecule has 4 rings (SSSR count). The second-order valence-electron chi connectivity index (χ2n) is 4.68. The maximum absolute atomic E-state index is 6.06. The lowest BCUT2D eigenvalue weighted by molar-refractivity contribution is 0.135. The molecule has 1 N–H and O–H groups in total. The molecule has 3 heterocycles. The van der Waals surface area contributed by atoms with Gasteiger partial charge in [0.2, 0.25) is 0 Å². The number of rotatable bonds is 0. The van der Waals surface area contributed by atoms with E-state index >= 15 is 0 Å². The van der Waals surface area contributed by atoms with Crippen molar-refractivity contribution in [2.24, 2.45) is 0 Å². The van der Waals surface area contributed by atoms with E-state index in [0.717, 1.165) is 24.3 Å². The highest BCUT2D eigenvalue weighted by molar-refractivity contribution is 5.59. The van der Waals surface area contributed by atoms with Gasteiger partial charge < -0.3 is 10.1 Å². The minimum Gasteiger partial charge on any atom is -0.465 e. The lowest BCUT2D eigenvalue weighted by Crippen LogP contribution is -2.41. The lowest BCUT2D eigenvalue weighted by Gasteiger charge is -2.23. The van der Waals surface area contributed by atoms with Crippen molar-refractivity contribution in [1.82, 2.24) is 4.98 Å². The number of ether oxygens (including phenoxy) is 1. The molecule has 2 aliphatic rings. The summed E-state index contributed by atoms with van der Waals surface area (Å²) < 4.78 is 6.06. The third kappa shape index (κ3) is 1.25. The van der Waals surface area contributed by atoms with Gasteiger partial charge in [-0.25, -0.2) is 0 Å². The number of pyridine rings is 1. The molecular formula is C14H12N2O. The van der Waals surface area contributed by atoms with Gasteiger partial charge >= 0.3 is 0 Å². The van der Waals surface area contributed by atoms with Gasteiger partial charge in [0.25, 0.3) is 0 Å². The molecule has 2 aromatic rings. The van der Waals surface area contributed by atoms with Gasteiger partial charge in [-0.2, -0.15) is 0 Å². The molecule has 1 unspecified atom stereocenters. The number of benzene rings is 1. The van der Waals surface area contributed by atoms with Gasteiger partial charge in [0.15, 0.2) is 5.72 Å². The zero-order valence-electron chi connectivity index (χ0n) is 9.31. The maximum Gasteiger partial charge on any atom is 0.190 e. The summed E-state index contributed by atoms with van der Waals surface area (Å²) in [5.74, 6) is 0.910. The quantitative estimate of drug-likeness (QED) is 0.746. The minimum absolute atomic E-state index is 0.305. The number of anilines is 1. The summed E-state index contributed by atoms with van der Waals surface area (Å²) in [5.41, 5.74) is 3.24. The van der Waals surface area contributed by atoms with Gasteiger partial charge in [0.05, 0.1) is 12.1 Å². The first-order valence-electron chi connectivity index (χ1n) is 5.84. The summed E-state index contributed by atoms with van der Waals surface area (Å²) in [7, 11) is 0. The summed E-state index contributed by atoms with van der Waals surface area (Å²) in [6, 6.07) is 12.3. The third-order valence-electron chi connectivity index (χ3n) is 3.46. The van der Waals surface area contributed by atoms with Gasteiger partial charge in [-0.3, -0.25) is 4.98 Å². The zero-order valence-corrected chi connectivity index (χ0v) is 9.31. The summed E-state index contributed by atoms with van der Waals surface area (Å²) in [5, 5.41) is 3.49. The molecule has 1 atom stereocenters. The molecule has 0 bridgehead atoms. The average molecular weight is 224 g/mol. The Kier molecular flexibility index (Phi) is 1.60. The van der Waals surface area contributed by atoms with E-state index in [4.69, 9.17) is 4.74 Å². The van der Waals surface area contributed by atoms with E-state index in [2.05, 4.69) is 28.5 Å². The molecule has 0 saturated carbocycles. The Bertz CT molecular complexity index is 487. The molecular weight excluding hydrogens is 212 g/mol. The van der Waals surface area contributed by atoms with Crippen LogP contribution in [0, 0.1) is 0 Å². The van der Waals surface area contributed by atoms with Crippen LogP contribution >= 0.6 is 0 Å². The fraction of sp³-hybridized carbons (Fsp3) is 0.214. The largest absolute Gasteiger partial charge is 0.465 e. The molecule has 0 fully saturated rings. The van der Waals surface area contributed by atoms with Gasteiger partial charge in [0, 0.05) is 18.3 Å². The number of aromatic nitrogens is 1. The molecule has 0 amide bonds. The maximum atomic E-state index is 6.06.